The molecule has 0 N–H and O–H groups in total. The number of para-hydroxylation sites is 1. The minimum atomic E-state index is -0.152. The molecule has 0 amide bonds. The second-order valence-corrected chi connectivity index (χ2v) is 14.9. The first-order chi connectivity index (χ1) is 26.5. The maximum Gasteiger partial charge on any atom is 0.160 e. The normalized spacial score (nSPS) is 13.1. The van der Waals surface area contributed by atoms with E-state index >= 15 is 0 Å². The van der Waals surface area contributed by atoms with Crippen LogP contribution in [0.2, 0.25) is 0 Å². The highest BCUT2D eigenvalue weighted by molar-refractivity contribution is 6.09. The van der Waals surface area contributed by atoms with Crippen LogP contribution in [0.3, 0.4) is 0 Å². The molecule has 254 valence electrons. The van der Waals surface area contributed by atoms with Gasteiger partial charge in [0, 0.05) is 32.9 Å². The number of benzene rings is 8. The molecule has 0 spiro atoms. The molecule has 0 fully saturated rings. The summed E-state index contributed by atoms with van der Waals surface area (Å²) in [6.45, 7) is 4.69. The van der Waals surface area contributed by atoms with Crippen molar-refractivity contribution in [3.05, 3.63) is 181 Å². The first-order valence-electron chi connectivity index (χ1n) is 18.6. The number of furan rings is 1. The molecule has 3 nitrogen and oxygen atoms in total. The van der Waals surface area contributed by atoms with Crippen molar-refractivity contribution in [1.82, 2.24) is 9.97 Å². The van der Waals surface area contributed by atoms with E-state index < -0.39 is 0 Å². The van der Waals surface area contributed by atoms with Gasteiger partial charge >= 0.3 is 0 Å². The van der Waals surface area contributed by atoms with E-state index in [1.807, 2.05) is 18.2 Å². The Morgan fingerprint density at radius 3 is 1.87 bits per heavy atom. The summed E-state index contributed by atoms with van der Waals surface area (Å²) in [5, 5.41) is 7.08. The fraction of sp³-hybridized carbons (Fsp3) is 0.0588. The van der Waals surface area contributed by atoms with E-state index in [-0.39, 0.29) is 5.41 Å². The number of aromatic nitrogens is 2. The Balaban J connectivity index is 1.13. The Labute approximate surface area is 313 Å². The van der Waals surface area contributed by atoms with E-state index in [9.17, 15) is 0 Å². The van der Waals surface area contributed by atoms with Crippen molar-refractivity contribution in [3.63, 3.8) is 0 Å². The topological polar surface area (TPSA) is 38.9 Å². The third-order valence-electron chi connectivity index (χ3n) is 11.5. The summed E-state index contributed by atoms with van der Waals surface area (Å²) < 4.78 is 6.17. The molecule has 0 unspecified atom stereocenters. The van der Waals surface area contributed by atoms with Gasteiger partial charge in [-0.05, 0) is 91.3 Å². The lowest BCUT2D eigenvalue weighted by molar-refractivity contribution is 0.661. The van der Waals surface area contributed by atoms with Crippen LogP contribution in [0.4, 0.5) is 0 Å². The fourth-order valence-corrected chi connectivity index (χ4v) is 8.79. The molecule has 3 heteroatoms. The number of hydrogen-bond acceptors (Lipinski definition) is 3. The van der Waals surface area contributed by atoms with Crippen LogP contribution in [0, 0.1) is 0 Å². The molecule has 54 heavy (non-hydrogen) atoms. The summed E-state index contributed by atoms with van der Waals surface area (Å²) in [5.74, 6) is 0.710. The maximum atomic E-state index is 6.17. The molecule has 0 aliphatic heterocycles. The zero-order chi connectivity index (χ0) is 36.0. The average Bonchev–Trinajstić information content (AvgIpc) is 3.70. The van der Waals surface area contributed by atoms with E-state index in [2.05, 4.69) is 166 Å². The molecule has 0 atom stereocenters. The second-order valence-electron chi connectivity index (χ2n) is 14.9. The predicted octanol–water partition coefficient (Wildman–Crippen LogP) is 13.7. The van der Waals surface area contributed by atoms with Gasteiger partial charge in [0.25, 0.3) is 0 Å². The molecule has 1 aliphatic carbocycles. The summed E-state index contributed by atoms with van der Waals surface area (Å²) in [5.41, 5.74) is 14.2. The van der Waals surface area contributed by atoms with Crippen molar-refractivity contribution in [3.8, 4) is 56.2 Å². The molecule has 0 bridgehead atoms. The molecule has 2 heterocycles. The third-order valence-corrected chi connectivity index (χ3v) is 11.5. The summed E-state index contributed by atoms with van der Waals surface area (Å²) in [6.07, 6.45) is 0. The van der Waals surface area contributed by atoms with Gasteiger partial charge in [0.15, 0.2) is 5.82 Å². The second kappa shape index (κ2) is 11.6. The van der Waals surface area contributed by atoms with E-state index in [0.29, 0.717) is 5.82 Å². The van der Waals surface area contributed by atoms with Crippen molar-refractivity contribution >= 4 is 43.5 Å². The predicted molar refractivity (Wildman–Crippen MR) is 224 cm³/mol. The first-order valence-corrected chi connectivity index (χ1v) is 18.6. The van der Waals surface area contributed by atoms with Gasteiger partial charge in [0.1, 0.15) is 11.2 Å². The minimum Gasteiger partial charge on any atom is -0.456 e. The van der Waals surface area contributed by atoms with Crippen LogP contribution in [0.15, 0.2) is 174 Å². The zero-order valence-electron chi connectivity index (χ0n) is 30.0. The summed E-state index contributed by atoms with van der Waals surface area (Å²) >= 11 is 0. The molecular weight excluding hydrogens is 657 g/mol. The lowest BCUT2D eigenvalue weighted by Crippen LogP contribution is -2.14. The summed E-state index contributed by atoms with van der Waals surface area (Å²) in [4.78, 5) is 10.6. The van der Waals surface area contributed by atoms with Crippen LogP contribution in [0.5, 0.6) is 0 Å². The molecule has 2 aromatic heterocycles. The van der Waals surface area contributed by atoms with Gasteiger partial charge in [-0.15, -0.1) is 0 Å². The number of rotatable bonds is 4. The molecule has 0 saturated heterocycles. The molecule has 8 aromatic carbocycles. The van der Waals surface area contributed by atoms with Crippen LogP contribution < -0.4 is 0 Å². The lowest BCUT2D eigenvalue weighted by Gasteiger charge is -2.22. The molecule has 1 aliphatic rings. The Hall–Kier alpha value is -6.84. The summed E-state index contributed by atoms with van der Waals surface area (Å²) in [6, 6.07) is 60.6. The zero-order valence-corrected chi connectivity index (χ0v) is 30.0. The summed E-state index contributed by atoms with van der Waals surface area (Å²) in [7, 11) is 0. The molecular formula is C51H34N2O. The quantitative estimate of drug-likeness (QED) is 0.184. The highest BCUT2D eigenvalue weighted by Gasteiger charge is 2.37. The van der Waals surface area contributed by atoms with Gasteiger partial charge in [-0.3, -0.25) is 0 Å². The molecule has 0 saturated carbocycles. The van der Waals surface area contributed by atoms with Gasteiger partial charge in [-0.1, -0.05) is 147 Å². The molecule has 0 radical (unpaired) electrons. The van der Waals surface area contributed by atoms with Crippen molar-refractivity contribution < 1.29 is 4.42 Å². The van der Waals surface area contributed by atoms with Crippen molar-refractivity contribution in [2.75, 3.05) is 0 Å². The van der Waals surface area contributed by atoms with Gasteiger partial charge in [-0.2, -0.15) is 0 Å². The highest BCUT2D eigenvalue weighted by atomic mass is 16.3. The van der Waals surface area contributed by atoms with Crippen LogP contribution in [-0.2, 0) is 5.41 Å². The van der Waals surface area contributed by atoms with E-state index in [1.165, 1.54) is 44.0 Å². The average molecular weight is 691 g/mol. The Morgan fingerprint density at radius 2 is 1.06 bits per heavy atom. The standard InChI is InChI=1S/C51H34N2O/c1-51(2)43-21-12-20-40(49(43)42-27-32-15-6-7-16-33(32)29-44(42)51)46-30-45(52-50(53-46)31-13-4-3-5-14-31)38-25-24-35(36-17-8-9-18-37(36)38)34-23-26-48-41(28-34)39-19-10-11-22-47(39)54-48/h3-30H,1-2H3. The van der Waals surface area contributed by atoms with Crippen molar-refractivity contribution in [1.29, 1.82) is 0 Å². The van der Waals surface area contributed by atoms with Crippen LogP contribution in [0.25, 0.3) is 99.6 Å². The largest absolute Gasteiger partial charge is 0.456 e. The van der Waals surface area contributed by atoms with E-state index in [1.54, 1.807) is 0 Å². The van der Waals surface area contributed by atoms with Gasteiger partial charge in [0.2, 0.25) is 0 Å². The maximum absolute atomic E-state index is 6.17. The van der Waals surface area contributed by atoms with Crippen LogP contribution in [0.1, 0.15) is 25.0 Å². The van der Waals surface area contributed by atoms with Crippen molar-refractivity contribution in [2.24, 2.45) is 0 Å². The van der Waals surface area contributed by atoms with E-state index in [0.717, 1.165) is 61.0 Å². The highest BCUT2D eigenvalue weighted by Crippen LogP contribution is 2.53. The Kier molecular flexibility index (Phi) is 6.60. The van der Waals surface area contributed by atoms with E-state index in [4.69, 9.17) is 14.4 Å². The SMILES string of the molecule is CC1(C)c2cc3ccccc3cc2-c2c(-c3cc(-c4ccc(-c5ccc6oc7ccccc7c6c5)c5ccccc45)nc(-c4ccccc4)n3)cccc21. The van der Waals surface area contributed by atoms with Gasteiger partial charge < -0.3 is 4.42 Å². The Bertz CT molecular complexity index is 3130. The smallest absolute Gasteiger partial charge is 0.160 e. The van der Waals surface area contributed by atoms with Gasteiger partial charge in [0.05, 0.1) is 11.4 Å². The number of nitrogens with zero attached hydrogens (tertiary/aromatic N) is 2. The lowest BCUT2D eigenvalue weighted by atomic mass is 9.81. The minimum absolute atomic E-state index is 0.152. The van der Waals surface area contributed by atoms with Crippen LogP contribution >= 0.6 is 0 Å². The van der Waals surface area contributed by atoms with Crippen LogP contribution in [-0.4, -0.2) is 9.97 Å². The van der Waals surface area contributed by atoms with Gasteiger partial charge in [-0.25, -0.2) is 9.97 Å². The monoisotopic (exact) mass is 690 g/mol. The number of hydrogen-bond donors (Lipinski definition) is 0. The molecule has 10 aromatic rings. The first kappa shape index (κ1) is 30.8. The Morgan fingerprint density at radius 1 is 0.407 bits per heavy atom. The molecule has 11 rings (SSSR count). The third kappa shape index (κ3) is 4.61. The fourth-order valence-electron chi connectivity index (χ4n) is 8.79. The number of fused-ring (bicyclic) bond motifs is 8. The van der Waals surface area contributed by atoms with Crippen molar-refractivity contribution in [2.45, 2.75) is 19.3 Å².